The largest absolute Gasteiger partial charge is 0.497 e. The van der Waals surface area contributed by atoms with Gasteiger partial charge in [0, 0.05) is 44.7 Å². The van der Waals surface area contributed by atoms with Crippen molar-refractivity contribution in [2.24, 2.45) is 5.92 Å². The Morgan fingerprint density at radius 2 is 2.10 bits per heavy atom. The number of aromatic nitrogens is 1. The molecule has 30 heavy (non-hydrogen) atoms. The van der Waals surface area contributed by atoms with Gasteiger partial charge in [-0.2, -0.15) is 0 Å². The molecule has 0 aliphatic carbocycles. The number of carbonyl (C=O) groups excluding carboxylic acids is 1. The number of amides is 1. The van der Waals surface area contributed by atoms with Crippen LogP contribution in [0.15, 0.2) is 29.2 Å². The number of fused-ring (bicyclic) bond motifs is 2. The molecule has 0 saturated carbocycles. The molecule has 1 amide bonds. The number of hydrogen-bond acceptors (Lipinski definition) is 5. The maximum atomic E-state index is 12.9. The molecule has 2 aliphatic rings. The van der Waals surface area contributed by atoms with Gasteiger partial charge in [0.25, 0.3) is 5.56 Å². The molecule has 8 nitrogen and oxygen atoms in total. The van der Waals surface area contributed by atoms with Crippen molar-refractivity contribution in [3.63, 3.8) is 0 Å². The second kappa shape index (κ2) is 7.85. The van der Waals surface area contributed by atoms with Crippen molar-refractivity contribution in [2.75, 3.05) is 20.3 Å². The Morgan fingerprint density at radius 3 is 2.80 bits per heavy atom. The Balaban J connectivity index is 1.64. The molecule has 1 aromatic heterocycles. The number of benzene rings is 1. The lowest BCUT2D eigenvalue weighted by Gasteiger charge is -2.30. The van der Waals surface area contributed by atoms with Crippen molar-refractivity contribution in [1.82, 2.24) is 9.47 Å². The van der Waals surface area contributed by atoms with E-state index in [2.05, 4.69) is 0 Å². The molecular weight excluding hydrogens is 388 g/mol. The molecule has 0 fully saturated rings. The van der Waals surface area contributed by atoms with Gasteiger partial charge in [0.1, 0.15) is 17.1 Å². The summed E-state index contributed by atoms with van der Waals surface area (Å²) in [5.41, 5.74) is 1.60. The van der Waals surface area contributed by atoms with Crippen LogP contribution >= 0.6 is 0 Å². The van der Waals surface area contributed by atoms with Crippen LogP contribution in [-0.2, 0) is 30.7 Å². The summed E-state index contributed by atoms with van der Waals surface area (Å²) in [6.45, 7) is 2.99. The molecule has 2 aliphatic heterocycles. The van der Waals surface area contributed by atoms with Crippen molar-refractivity contribution >= 4 is 11.9 Å². The molecule has 1 unspecified atom stereocenters. The smallest absolute Gasteiger partial charge is 0.341 e. The van der Waals surface area contributed by atoms with Crippen molar-refractivity contribution in [3.05, 3.63) is 57.0 Å². The van der Waals surface area contributed by atoms with Crippen LogP contribution in [0.1, 0.15) is 34.0 Å². The Morgan fingerprint density at radius 1 is 1.30 bits per heavy atom. The van der Waals surface area contributed by atoms with Crippen molar-refractivity contribution < 1.29 is 24.2 Å². The SMILES string of the molecule is COc1ccc2c(c1)OCC(Cn1cc3c(c(C(=O)O)c1=O)CCN(C(C)=O)C3)C2. The molecule has 1 atom stereocenters. The standard InChI is InChI=1S/C22H24N2O6/c1-13(25)23-6-5-18-16(10-23)11-24(21(26)20(18)22(27)28)9-14-7-15-3-4-17(29-2)8-19(15)30-12-14/h3-4,8,11,14H,5-7,9-10,12H2,1-2H3,(H,27,28). The van der Waals surface area contributed by atoms with Crippen LogP contribution in [0.25, 0.3) is 0 Å². The van der Waals surface area contributed by atoms with E-state index in [9.17, 15) is 19.5 Å². The minimum Gasteiger partial charge on any atom is -0.497 e. The highest BCUT2D eigenvalue weighted by Gasteiger charge is 2.28. The topological polar surface area (TPSA) is 98.1 Å². The number of methoxy groups -OCH3 is 1. The number of aromatic carboxylic acids is 1. The average Bonchev–Trinajstić information content (AvgIpc) is 2.73. The van der Waals surface area contributed by atoms with Crippen LogP contribution in [-0.4, -0.2) is 46.7 Å². The zero-order valence-electron chi connectivity index (χ0n) is 17.0. The molecule has 2 aromatic rings. The summed E-state index contributed by atoms with van der Waals surface area (Å²) in [4.78, 5) is 38.2. The van der Waals surface area contributed by atoms with Crippen LogP contribution in [0.4, 0.5) is 0 Å². The minimum absolute atomic E-state index is 0.0239. The Kier molecular flexibility index (Phi) is 5.24. The van der Waals surface area contributed by atoms with Gasteiger partial charge in [-0.25, -0.2) is 4.79 Å². The van der Waals surface area contributed by atoms with E-state index in [1.807, 2.05) is 18.2 Å². The van der Waals surface area contributed by atoms with Gasteiger partial charge in [-0.3, -0.25) is 9.59 Å². The van der Waals surface area contributed by atoms with Crippen LogP contribution in [0.3, 0.4) is 0 Å². The molecule has 0 spiro atoms. The summed E-state index contributed by atoms with van der Waals surface area (Å²) in [6, 6.07) is 5.66. The van der Waals surface area contributed by atoms with E-state index in [1.165, 1.54) is 11.5 Å². The van der Waals surface area contributed by atoms with Crippen LogP contribution < -0.4 is 15.0 Å². The highest BCUT2D eigenvalue weighted by molar-refractivity contribution is 5.89. The zero-order valence-corrected chi connectivity index (χ0v) is 17.0. The summed E-state index contributed by atoms with van der Waals surface area (Å²) >= 11 is 0. The fourth-order valence-electron chi connectivity index (χ4n) is 4.27. The lowest BCUT2D eigenvalue weighted by atomic mass is 9.94. The van der Waals surface area contributed by atoms with Gasteiger partial charge in [-0.15, -0.1) is 0 Å². The molecule has 1 N–H and O–H groups in total. The van der Waals surface area contributed by atoms with Crippen LogP contribution in [0.2, 0.25) is 0 Å². The third kappa shape index (κ3) is 3.65. The number of nitrogens with zero attached hydrogens (tertiary/aromatic N) is 2. The van der Waals surface area contributed by atoms with Crippen LogP contribution in [0, 0.1) is 5.92 Å². The van der Waals surface area contributed by atoms with Gasteiger partial charge in [-0.05, 0) is 35.6 Å². The number of hydrogen-bond donors (Lipinski definition) is 1. The Hall–Kier alpha value is -3.29. The summed E-state index contributed by atoms with van der Waals surface area (Å²) in [5.74, 6) is 0.226. The lowest BCUT2D eigenvalue weighted by Crippen LogP contribution is -2.39. The van der Waals surface area contributed by atoms with Gasteiger partial charge >= 0.3 is 5.97 Å². The third-order valence-corrected chi connectivity index (χ3v) is 5.84. The number of carboxylic acids is 1. The van der Waals surface area contributed by atoms with Crippen molar-refractivity contribution in [3.8, 4) is 11.5 Å². The van der Waals surface area contributed by atoms with E-state index in [1.54, 1.807) is 18.2 Å². The fraction of sp³-hybridized carbons (Fsp3) is 0.409. The van der Waals surface area contributed by atoms with Crippen molar-refractivity contribution in [1.29, 1.82) is 0 Å². The molecule has 158 valence electrons. The van der Waals surface area contributed by atoms with E-state index in [0.29, 0.717) is 44.6 Å². The number of pyridine rings is 1. The number of ether oxygens (including phenoxy) is 2. The van der Waals surface area contributed by atoms with E-state index < -0.39 is 11.5 Å². The first kappa shape index (κ1) is 20.0. The first-order valence-corrected chi connectivity index (χ1v) is 9.91. The lowest BCUT2D eigenvalue weighted by molar-refractivity contribution is -0.129. The van der Waals surface area contributed by atoms with Gasteiger partial charge < -0.3 is 24.0 Å². The predicted molar refractivity (Wildman–Crippen MR) is 108 cm³/mol. The predicted octanol–water partition coefficient (Wildman–Crippen LogP) is 1.71. The van der Waals surface area contributed by atoms with E-state index in [0.717, 1.165) is 22.6 Å². The first-order chi connectivity index (χ1) is 14.4. The molecule has 0 bridgehead atoms. The second-order valence-corrected chi connectivity index (χ2v) is 7.82. The third-order valence-electron chi connectivity index (χ3n) is 5.84. The molecule has 4 rings (SSSR count). The van der Waals surface area contributed by atoms with Gasteiger partial charge in [0.05, 0.1) is 13.7 Å². The van der Waals surface area contributed by atoms with Gasteiger partial charge in [-0.1, -0.05) is 6.07 Å². The maximum absolute atomic E-state index is 12.9. The van der Waals surface area contributed by atoms with Gasteiger partial charge in [0.15, 0.2) is 0 Å². The summed E-state index contributed by atoms with van der Waals surface area (Å²) in [6.07, 6.45) is 2.79. The highest BCUT2D eigenvalue weighted by Crippen LogP contribution is 2.31. The number of carboxylic acid groups (broad SMARTS) is 1. The van der Waals surface area contributed by atoms with Gasteiger partial charge in [0.2, 0.25) is 5.91 Å². The summed E-state index contributed by atoms with van der Waals surface area (Å²) in [5, 5.41) is 9.68. The second-order valence-electron chi connectivity index (χ2n) is 7.82. The zero-order chi connectivity index (χ0) is 21.4. The number of rotatable bonds is 4. The molecule has 0 radical (unpaired) electrons. The molecule has 3 heterocycles. The quantitative estimate of drug-likeness (QED) is 0.821. The molecule has 8 heteroatoms. The normalized spacial score (nSPS) is 17.5. The fourth-order valence-corrected chi connectivity index (χ4v) is 4.27. The summed E-state index contributed by atoms with van der Waals surface area (Å²) < 4.78 is 12.6. The number of carbonyl (C=O) groups is 2. The summed E-state index contributed by atoms with van der Waals surface area (Å²) in [7, 11) is 1.60. The highest BCUT2D eigenvalue weighted by atomic mass is 16.5. The minimum atomic E-state index is -1.22. The first-order valence-electron chi connectivity index (χ1n) is 9.91. The molecular formula is C22H24N2O6. The Bertz CT molecular complexity index is 1070. The molecule has 0 saturated heterocycles. The average molecular weight is 412 g/mol. The van der Waals surface area contributed by atoms with E-state index in [4.69, 9.17) is 9.47 Å². The van der Waals surface area contributed by atoms with Crippen LogP contribution in [0.5, 0.6) is 11.5 Å². The molecule has 1 aromatic carbocycles. The maximum Gasteiger partial charge on any atom is 0.341 e. The van der Waals surface area contributed by atoms with Crippen molar-refractivity contribution in [2.45, 2.75) is 32.9 Å². The Labute approximate surface area is 173 Å². The monoisotopic (exact) mass is 412 g/mol. The van der Waals surface area contributed by atoms with E-state index >= 15 is 0 Å². The van der Waals surface area contributed by atoms with E-state index in [-0.39, 0.29) is 17.4 Å².